The molecule has 24 nitrogen and oxygen atoms in total. The van der Waals surface area contributed by atoms with Crippen molar-refractivity contribution in [3.63, 3.8) is 0 Å². The quantitative estimate of drug-likeness (QED) is 0.0121. The second-order valence-electron chi connectivity index (χ2n) is 26.2. The lowest BCUT2D eigenvalue weighted by Crippen LogP contribution is -2.17. The third-order valence-corrected chi connectivity index (χ3v) is 18.1. The Bertz CT molecular complexity index is 5650. The average molecular weight is 1500 g/mol. The van der Waals surface area contributed by atoms with Crippen LogP contribution in [0.15, 0.2) is 231 Å². The molecule has 558 valence electrons. The predicted molar refractivity (Wildman–Crippen MR) is 405 cm³/mol. The van der Waals surface area contributed by atoms with Gasteiger partial charge in [-0.2, -0.15) is 0 Å². The van der Waals surface area contributed by atoms with Gasteiger partial charge >= 0.3 is 47.8 Å². The monoisotopic (exact) mass is 1500 g/mol. The molecule has 0 saturated heterocycles. The van der Waals surface area contributed by atoms with Crippen LogP contribution < -0.4 is 37.9 Å². The number of fused-ring (bicyclic) bond motifs is 6. The van der Waals surface area contributed by atoms with Gasteiger partial charge in [0.15, 0.2) is 46.0 Å². The second kappa shape index (κ2) is 31.7. The standard InChI is InChI=1S/C88H62O24/c89-55-17-1-47(2-18-55)33-75(97)105-69-41-63-65-45-73(109-79(101)37-51-9-25-59(93)26-10-51)88(112-82(104)40-54-15-31-62(96)32-16-54)86-68-44-72(108-78(100)36-50-7-23-58(92)24-8-50)70(106-76(98)34-48-3-19-56(90)20-4-48)42-64(68)66-46-74(110-80(102)38-52-11-27-60(94)28-12-52)87(111-81(103)39-53-13-29-61(95)30-14-53)85(84(66)83(65)86)67(63)43-71(69)107-77(99)35-49-5-21-57(91)22-6-49/h1-32,41-46,89-96H,33-40H2. The summed E-state index contributed by atoms with van der Waals surface area (Å²) in [5, 5.41) is 81.5. The highest BCUT2D eigenvalue weighted by Gasteiger charge is 2.33. The lowest BCUT2D eigenvalue weighted by atomic mass is 9.84. The molecule has 0 aliphatic carbocycles. The molecule has 24 heteroatoms. The van der Waals surface area contributed by atoms with Gasteiger partial charge in [-0.15, -0.1) is 0 Å². The van der Waals surface area contributed by atoms with E-state index in [1.165, 1.54) is 231 Å². The molecule has 0 saturated carbocycles. The first kappa shape index (κ1) is 73.7. The molecule has 14 aromatic rings. The summed E-state index contributed by atoms with van der Waals surface area (Å²) in [5.41, 5.74) is 2.77. The summed E-state index contributed by atoms with van der Waals surface area (Å²) in [7, 11) is 0. The largest absolute Gasteiger partial charge is 0.508 e. The highest BCUT2D eigenvalue weighted by Crippen LogP contribution is 2.57. The van der Waals surface area contributed by atoms with Gasteiger partial charge in [-0.25, -0.2) is 0 Å². The van der Waals surface area contributed by atoms with Crippen molar-refractivity contribution in [3.8, 4) is 92.0 Å². The molecule has 14 rings (SSSR count). The fourth-order valence-corrected chi connectivity index (χ4v) is 12.9. The molecular formula is C88H62O24. The molecular weight excluding hydrogens is 1440 g/mol. The van der Waals surface area contributed by atoms with E-state index in [9.17, 15) is 69.6 Å². The first-order valence-electron chi connectivity index (χ1n) is 34.6. The third-order valence-electron chi connectivity index (χ3n) is 18.1. The van der Waals surface area contributed by atoms with E-state index in [1.54, 1.807) is 0 Å². The van der Waals surface area contributed by atoms with Gasteiger partial charge in [-0.3, -0.25) is 38.4 Å². The van der Waals surface area contributed by atoms with Crippen LogP contribution in [0.3, 0.4) is 0 Å². The Balaban J connectivity index is 1.13. The Morgan fingerprint density at radius 1 is 0.179 bits per heavy atom. The van der Waals surface area contributed by atoms with E-state index >= 15 is 9.59 Å². The lowest BCUT2D eigenvalue weighted by molar-refractivity contribution is -0.136. The van der Waals surface area contributed by atoms with Crippen molar-refractivity contribution in [2.75, 3.05) is 0 Å². The van der Waals surface area contributed by atoms with Gasteiger partial charge in [0, 0.05) is 21.5 Å². The number of benzene rings is 14. The summed E-state index contributed by atoms with van der Waals surface area (Å²) in [6.45, 7) is 0. The minimum absolute atomic E-state index is 0.00506. The number of hydrogen-bond acceptors (Lipinski definition) is 24. The fraction of sp³-hybridized carbons (Fsp3) is 0.0909. The number of carbonyl (C=O) groups excluding carboxylic acids is 8. The normalized spacial score (nSPS) is 11.2. The summed E-state index contributed by atoms with van der Waals surface area (Å²) < 4.78 is 51.0. The van der Waals surface area contributed by atoms with Crippen molar-refractivity contribution in [3.05, 3.63) is 275 Å². The molecule has 0 aromatic heterocycles. The SMILES string of the molecule is O=C(Cc1ccc(O)cc1)Oc1cc2c(cc1OC(=O)Cc1ccc(O)cc1)c1c(OC(=O)Cc3ccc(O)cc3)c(OC(=O)Cc3ccc(O)cc3)cc3c4cc(OC(=O)Cc5ccc(O)cc5)c(OC(=O)Cc5ccc(O)cc5)cc4c4c(OC(=O)Cc5ccc(O)cc5)c(OC(=O)Cc5ccc(O)cc5)cc2c4c31. The number of ether oxygens (including phenoxy) is 8. The van der Waals surface area contributed by atoms with Crippen molar-refractivity contribution < 1.29 is 117 Å². The third kappa shape index (κ3) is 17.1. The minimum Gasteiger partial charge on any atom is -0.508 e. The maximum atomic E-state index is 15.1. The van der Waals surface area contributed by atoms with Crippen LogP contribution in [0.1, 0.15) is 44.5 Å². The lowest BCUT2D eigenvalue weighted by Gasteiger charge is -2.25. The Morgan fingerprint density at radius 2 is 0.321 bits per heavy atom. The average Bonchev–Trinajstić information content (AvgIpc) is 0.682. The number of esters is 8. The summed E-state index contributed by atoms with van der Waals surface area (Å²) in [6.07, 6.45) is -3.80. The summed E-state index contributed by atoms with van der Waals surface area (Å²) in [6, 6.07) is 52.7. The van der Waals surface area contributed by atoms with Gasteiger partial charge in [0.25, 0.3) is 0 Å². The Kier molecular flexibility index (Phi) is 20.9. The zero-order valence-corrected chi connectivity index (χ0v) is 58.7. The van der Waals surface area contributed by atoms with Crippen LogP contribution in [0, 0.1) is 0 Å². The molecule has 0 fully saturated rings. The van der Waals surface area contributed by atoms with Crippen LogP contribution in [-0.2, 0) is 89.7 Å². The van der Waals surface area contributed by atoms with Crippen LogP contribution in [-0.4, -0.2) is 88.6 Å². The Labute approximate surface area is 634 Å². The Morgan fingerprint density at radius 3 is 0.509 bits per heavy atom. The topological polar surface area (TPSA) is 372 Å². The summed E-state index contributed by atoms with van der Waals surface area (Å²) in [4.78, 5) is 118. The summed E-state index contributed by atoms with van der Waals surface area (Å²) >= 11 is 0. The smallest absolute Gasteiger partial charge is 0.315 e. The Hall–Kier alpha value is -15.2. The molecule has 0 aliphatic heterocycles. The zero-order chi connectivity index (χ0) is 78.4. The fourth-order valence-electron chi connectivity index (χ4n) is 12.9. The number of rotatable bonds is 24. The van der Waals surface area contributed by atoms with E-state index in [0.717, 1.165) is 0 Å². The van der Waals surface area contributed by atoms with Gasteiger partial charge in [0.2, 0.25) is 0 Å². The van der Waals surface area contributed by atoms with E-state index in [1.807, 2.05) is 0 Å². The molecule has 0 radical (unpaired) electrons. The number of phenols is 8. The number of phenolic OH excluding ortho intramolecular Hbond substituents is 8. The number of carbonyl (C=O) groups is 8. The maximum Gasteiger partial charge on any atom is 0.315 e. The highest BCUT2D eigenvalue weighted by molar-refractivity contribution is 6.43. The van der Waals surface area contributed by atoms with Crippen LogP contribution in [0.25, 0.3) is 53.9 Å². The first-order chi connectivity index (χ1) is 53.9. The van der Waals surface area contributed by atoms with Gasteiger partial charge in [0.1, 0.15) is 46.0 Å². The molecule has 8 N–H and O–H groups in total. The van der Waals surface area contributed by atoms with E-state index < -0.39 is 145 Å². The summed E-state index contributed by atoms with van der Waals surface area (Å²) in [5.74, 6) is -12.6. The van der Waals surface area contributed by atoms with Crippen molar-refractivity contribution in [2.24, 2.45) is 0 Å². The van der Waals surface area contributed by atoms with Crippen molar-refractivity contribution in [2.45, 2.75) is 51.4 Å². The molecule has 0 aliphatic rings. The zero-order valence-electron chi connectivity index (χ0n) is 58.7. The van der Waals surface area contributed by atoms with E-state index in [-0.39, 0.29) is 99.9 Å². The molecule has 0 spiro atoms. The molecule has 14 aromatic carbocycles. The number of hydrogen-bond donors (Lipinski definition) is 8. The van der Waals surface area contributed by atoms with Gasteiger partial charge in [0.05, 0.1) is 51.4 Å². The predicted octanol–water partition coefficient (Wildman–Crippen LogP) is 13.7. The van der Waals surface area contributed by atoms with Crippen LogP contribution in [0.4, 0.5) is 0 Å². The van der Waals surface area contributed by atoms with Crippen molar-refractivity contribution in [1.29, 1.82) is 0 Å². The first-order valence-corrected chi connectivity index (χ1v) is 34.6. The van der Waals surface area contributed by atoms with E-state index in [4.69, 9.17) is 37.9 Å². The molecule has 0 bridgehead atoms. The minimum atomic E-state index is -1.01. The highest BCUT2D eigenvalue weighted by atomic mass is 16.6. The van der Waals surface area contributed by atoms with Crippen molar-refractivity contribution >= 4 is 102 Å². The van der Waals surface area contributed by atoms with Gasteiger partial charge in [-0.05, 0) is 210 Å². The van der Waals surface area contributed by atoms with Gasteiger partial charge < -0.3 is 78.7 Å². The van der Waals surface area contributed by atoms with Crippen LogP contribution >= 0.6 is 0 Å². The van der Waals surface area contributed by atoms with Crippen LogP contribution in [0.5, 0.6) is 92.0 Å². The molecule has 0 atom stereocenters. The molecule has 112 heavy (non-hydrogen) atoms. The number of aromatic hydroxyl groups is 8. The van der Waals surface area contributed by atoms with E-state index in [0.29, 0.717) is 44.5 Å². The molecule has 0 heterocycles. The van der Waals surface area contributed by atoms with E-state index in [2.05, 4.69) is 0 Å². The van der Waals surface area contributed by atoms with Crippen molar-refractivity contribution in [1.82, 2.24) is 0 Å². The van der Waals surface area contributed by atoms with Gasteiger partial charge in [-0.1, -0.05) is 97.1 Å². The molecule has 0 amide bonds. The second-order valence-corrected chi connectivity index (χ2v) is 26.2. The van der Waals surface area contributed by atoms with Crippen LogP contribution in [0.2, 0.25) is 0 Å². The molecule has 0 unspecified atom stereocenters. The maximum absolute atomic E-state index is 15.1.